The van der Waals surface area contributed by atoms with E-state index in [-0.39, 0.29) is 17.6 Å². The molecule has 0 spiro atoms. The second kappa shape index (κ2) is 13.4. The van der Waals surface area contributed by atoms with Gasteiger partial charge < -0.3 is 24.7 Å². The maximum atomic E-state index is 13.8. The normalized spacial score (nSPS) is 15.4. The van der Waals surface area contributed by atoms with E-state index in [1.54, 1.807) is 17.6 Å². The molecule has 3 N–H and O–H groups in total. The van der Waals surface area contributed by atoms with Gasteiger partial charge >= 0.3 is 7.12 Å². The first kappa shape index (κ1) is 30.3. The number of pyridine rings is 2. The number of anilines is 2. The molecular formula is C28H28B2FN7O4S. The van der Waals surface area contributed by atoms with E-state index in [0.717, 1.165) is 37.5 Å². The number of hydrogen-bond donors (Lipinski definition) is 3. The summed E-state index contributed by atoms with van der Waals surface area (Å²) in [6, 6.07) is 9.55. The smallest absolute Gasteiger partial charge is 0.423 e. The zero-order chi connectivity index (χ0) is 30.5. The minimum absolute atomic E-state index is 0.0163. The predicted molar refractivity (Wildman–Crippen MR) is 163 cm³/mol. The summed E-state index contributed by atoms with van der Waals surface area (Å²) in [5.74, 6) is -0.567. The maximum Gasteiger partial charge on any atom is 0.490 e. The molecule has 2 amide bonds. The van der Waals surface area contributed by atoms with Crippen molar-refractivity contribution in [1.82, 2.24) is 24.8 Å². The molecule has 2 aliphatic heterocycles. The second-order valence-corrected chi connectivity index (χ2v) is 11.0. The lowest BCUT2D eigenvalue weighted by Crippen LogP contribution is -2.44. The zero-order valence-corrected chi connectivity index (χ0v) is 24.1. The molecule has 5 heterocycles. The molecule has 4 aromatic rings. The molecule has 1 fully saturated rings. The molecule has 1 atom stereocenters. The molecule has 43 heavy (non-hydrogen) atoms. The number of amides is 2. The Morgan fingerprint density at radius 1 is 1.09 bits per heavy atom. The predicted octanol–water partition coefficient (Wildman–Crippen LogP) is 0.320. The number of halogens is 1. The molecule has 218 valence electrons. The Labute approximate surface area is 253 Å². The van der Waals surface area contributed by atoms with Crippen LogP contribution in [0.2, 0.25) is 0 Å². The second-order valence-electron chi connectivity index (χ2n) is 10.1. The third kappa shape index (κ3) is 7.25. The van der Waals surface area contributed by atoms with Crippen molar-refractivity contribution in [3.63, 3.8) is 0 Å². The van der Waals surface area contributed by atoms with Crippen molar-refractivity contribution in [1.29, 1.82) is 0 Å². The van der Waals surface area contributed by atoms with Gasteiger partial charge in [0.25, 0.3) is 11.8 Å². The molecule has 1 unspecified atom stereocenters. The van der Waals surface area contributed by atoms with Crippen LogP contribution in [0.15, 0.2) is 66.4 Å². The Morgan fingerprint density at radius 3 is 2.53 bits per heavy atom. The Bertz CT molecular complexity index is 1570. The number of rotatable bonds is 6. The van der Waals surface area contributed by atoms with Crippen LogP contribution in [0.1, 0.15) is 27.7 Å². The molecule has 0 saturated carbocycles. The van der Waals surface area contributed by atoms with Gasteiger partial charge in [-0.3, -0.25) is 19.9 Å². The van der Waals surface area contributed by atoms with E-state index in [1.165, 1.54) is 52.9 Å². The van der Waals surface area contributed by atoms with Crippen LogP contribution in [0.5, 0.6) is 0 Å². The van der Waals surface area contributed by atoms with Crippen molar-refractivity contribution in [3.8, 4) is 0 Å². The van der Waals surface area contributed by atoms with Gasteiger partial charge in [0, 0.05) is 55.6 Å². The van der Waals surface area contributed by atoms with Crippen LogP contribution in [0.25, 0.3) is 0 Å². The summed E-state index contributed by atoms with van der Waals surface area (Å²) in [6.45, 7) is 4.32. The van der Waals surface area contributed by atoms with E-state index in [9.17, 15) is 24.0 Å². The lowest BCUT2D eigenvalue weighted by Gasteiger charge is -2.33. The summed E-state index contributed by atoms with van der Waals surface area (Å²) in [6.07, 6.45) is 4.50. The number of fused-ring (bicyclic) bond motifs is 1. The van der Waals surface area contributed by atoms with E-state index >= 15 is 0 Å². The van der Waals surface area contributed by atoms with Crippen LogP contribution in [-0.2, 0) is 11.3 Å². The average molecular weight is 599 g/mol. The van der Waals surface area contributed by atoms with E-state index in [2.05, 4.69) is 37.1 Å². The SMILES string of the molecule is O=C(Nc1nccs1)C(c1cccc(F)c1)N1Cc2ncc(B(O)O)cc2C1=O.[B]c1ccc(N2CCN(C)CC2)nc1. The minimum Gasteiger partial charge on any atom is -0.423 e. The van der Waals surface area contributed by atoms with E-state index in [1.807, 2.05) is 12.1 Å². The van der Waals surface area contributed by atoms with Gasteiger partial charge in [0.1, 0.15) is 25.5 Å². The topological polar surface area (TPSA) is 135 Å². The van der Waals surface area contributed by atoms with Gasteiger partial charge in [0.05, 0.1) is 17.8 Å². The number of carbonyl (C=O) groups excluding carboxylic acids is 2. The summed E-state index contributed by atoms with van der Waals surface area (Å²) >= 11 is 1.21. The number of thiazole rings is 1. The van der Waals surface area contributed by atoms with Crippen molar-refractivity contribution in [2.45, 2.75) is 12.6 Å². The van der Waals surface area contributed by atoms with E-state index < -0.39 is 30.8 Å². The molecule has 0 aliphatic carbocycles. The first-order valence-corrected chi connectivity index (χ1v) is 14.3. The fraction of sp³-hybridized carbons (Fsp3) is 0.250. The molecule has 15 heteroatoms. The monoisotopic (exact) mass is 599 g/mol. The Hall–Kier alpha value is -4.17. The third-order valence-corrected chi connectivity index (χ3v) is 7.77. The number of aromatic nitrogens is 3. The van der Waals surface area contributed by atoms with E-state index in [4.69, 9.17) is 7.85 Å². The van der Waals surface area contributed by atoms with Crippen molar-refractivity contribution >= 4 is 60.0 Å². The van der Waals surface area contributed by atoms with Gasteiger partial charge in [-0.1, -0.05) is 23.7 Å². The zero-order valence-electron chi connectivity index (χ0n) is 23.3. The first-order chi connectivity index (χ1) is 20.7. The highest BCUT2D eigenvalue weighted by atomic mass is 32.1. The van der Waals surface area contributed by atoms with Crippen molar-refractivity contribution < 1.29 is 24.0 Å². The van der Waals surface area contributed by atoms with Crippen LogP contribution in [0.4, 0.5) is 15.3 Å². The molecule has 1 saturated heterocycles. The van der Waals surface area contributed by atoms with Gasteiger partial charge in [-0.25, -0.2) is 14.4 Å². The Kier molecular flexibility index (Phi) is 9.46. The number of piperazine rings is 1. The maximum absolute atomic E-state index is 13.8. The van der Waals surface area contributed by atoms with Crippen LogP contribution in [0.3, 0.4) is 0 Å². The molecule has 1 aromatic carbocycles. The van der Waals surface area contributed by atoms with Crippen molar-refractivity contribution in [2.75, 3.05) is 43.4 Å². The molecule has 3 aromatic heterocycles. The summed E-state index contributed by atoms with van der Waals surface area (Å²) in [7, 11) is 5.96. The number of benzene rings is 1. The van der Waals surface area contributed by atoms with Crippen molar-refractivity contribution in [2.24, 2.45) is 0 Å². The number of hydrogen-bond acceptors (Lipinski definition) is 10. The molecule has 2 radical (unpaired) electrons. The van der Waals surface area contributed by atoms with Gasteiger partial charge in [-0.2, -0.15) is 0 Å². The summed E-state index contributed by atoms with van der Waals surface area (Å²) in [4.78, 5) is 44.3. The molecular weight excluding hydrogens is 571 g/mol. The summed E-state index contributed by atoms with van der Waals surface area (Å²) in [5.41, 5.74) is 1.64. The lowest BCUT2D eigenvalue weighted by atomic mass is 9.81. The molecule has 11 nitrogen and oxygen atoms in total. The van der Waals surface area contributed by atoms with Crippen LogP contribution >= 0.6 is 11.3 Å². The van der Waals surface area contributed by atoms with Crippen molar-refractivity contribution in [3.05, 3.63) is 89.1 Å². The van der Waals surface area contributed by atoms with Gasteiger partial charge in [0.2, 0.25) is 0 Å². The third-order valence-electron chi connectivity index (χ3n) is 7.09. The largest absolute Gasteiger partial charge is 0.490 e. The fourth-order valence-corrected chi connectivity index (χ4v) is 5.32. The molecule has 0 bridgehead atoms. The number of likely N-dealkylation sites (N-methyl/N-ethyl adjacent to an activating group) is 1. The Morgan fingerprint density at radius 2 is 1.88 bits per heavy atom. The Balaban J connectivity index is 0.000000220. The highest BCUT2D eigenvalue weighted by Gasteiger charge is 2.39. The van der Waals surface area contributed by atoms with Gasteiger partial charge in [0.15, 0.2) is 5.13 Å². The van der Waals surface area contributed by atoms with Gasteiger partial charge in [-0.05, 0) is 36.9 Å². The molecule has 2 aliphatic rings. The number of carbonyl (C=O) groups is 2. The molecule has 6 rings (SSSR count). The van der Waals surface area contributed by atoms with Crippen LogP contribution < -0.4 is 21.1 Å². The van der Waals surface area contributed by atoms with Crippen LogP contribution in [-0.4, -0.2) is 94.8 Å². The van der Waals surface area contributed by atoms with Gasteiger partial charge in [-0.15, -0.1) is 11.3 Å². The summed E-state index contributed by atoms with van der Waals surface area (Å²) < 4.78 is 13.8. The lowest BCUT2D eigenvalue weighted by molar-refractivity contribution is -0.120. The highest BCUT2D eigenvalue weighted by molar-refractivity contribution is 7.13. The first-order valence-electron chi connectivity index (χ1n) is 13.5. The average Bonchev–Trinajstić information content (AvgIpc) is 3.62. The highest BCUT2D eigenvalue weighted by Crippen LogP contribution is 2.32. The number of nitrogens with zero attached hydrogens (tertiary/aromatic N) is 6. The van der Waals surface area contributed by atoms with Crippen LogP contribution in [0, 0.1) is 5.82 Å². The van der Waals surface area contributed by atoms with E-state index in [0.29, 0.717) is 16.4 Å². The fourth-order valence-electron chi connectivity index (χ4n) is 4.79. The standard InChI is InChI=1S/C18H14BFN4O4S.C10H14BN3/c20-12-3-1-2-10(6-12)15(16(25)23-18-21-4-5-29-18)24-9-14-13(17(24)26)7-11(8-22-14)19(27)28;1-13-4-6-14(7-5-13)10-3-2-9(11)8-12-10/h1-8,15,27-28H,9H2,(H,21,23,25);2-3,8H,4-7H2,1H3. The number of nitrogens with one attached hydrogen (secondary N) is 1. The quantitative estimate of drug-likeness (QED) is 0.268. The minimum atomic E-state index is -1.78. The summed E-state index contributed by atoms with van der Waals surface area (Å²) in [5, 5.41) is 23.4.